The summed E-state index contributed by atoms with van der Waals surface area (Å²) in [5, 5.41) is 9.30. The van der Waals surface area contributed by atoms with Gasteiger partial charge in [0.05, 0.1) is 0 Å². The first-order chi connectivity index (χ1) is 10.8. The number of carbonyl (C=O) groups is 1. The Hall–Kier alpha value is -1.46. The van der Waals surface area contributed by atoms with Gasteiger partial charge in [-0.15, -0.1) is 0 Å². The van der Waals surface area contributed by atoms with Crippen molar-refractivity contribution in [1.29, 1.82) is 0 Å². The van der Waals surface area contributed by atoms with Crippen molar-refractivity contribution in [3.63, 3.8) is 0 Å². The zero-order valence-electron chi connectivity index (χ0n) is 15.4. The average molecular weight is 326 g/mol. The highest BCUT2D eigenvalue weighted by Gasteiger charge is 2.18. The normalized spacial score (nSPS) is 22.4. The lowest BCUT2D eigenvalue weighted by atomic mass is 9.83. The van der Waals surface area contributed by atoms with Gasteiger partial charge in [-0.3, -0.25) is 4.99 Å². The van der Waals surface area contributed by atoms with Crippen molar-refractivity contribution >= 4 is 12.1 Å². The van der Waals surface area contributed by atoms with Crippen molar-refractivity contribution in [3.8, 4) is 0 Å². The number of hydrogen-bond donors (Lipinski definition) is 3. The summed E-state index contributed by atoms with van der Waals surface area (Å²) >= 11 is 0. The monoisotopic (exact) mass is 326 g/mol. The van der Waals surface area contributed by atoms with Gasteiger partial charge in [-0.05, 0) is 45.4 Å². The number of ether oxygens (including phenoxy) is 1. The van der Waals surface area contributed by atoms with Crippen LogP contribution >= 0.6 is 0 Å². The smallest absolute Gasteiger partial charge is 0.407 e. The number of guanidine groups is 1. The van der Waals surface area contributed by atoms with Crippen molar-refractivity contribution in [3.05, 3.63) is 0 Å². The van der Waals surface area contributed by atoms with Gasteiger partial charge in [0.1, 0.15) is 5.60 Å². The van der Waals surface area contributed by atoms with Gasteiger partial charge in [-0.2, -0.15) is 0 Å². The van der Waals surface area contributed by atoms with E-state index in [1.54, 1.807) is 7.05 Å². The summed E-state index contributed by atoms with van der Waals surface area (Å²) < 4.78 is 5.18. The molecule has 23 heavy (non-hydrogen) atoms. The third-order valence-corrected chi connectivity index (χ3v) is 4.00. The number of rotatable bonds is 5. The summed E-state index contributed by atoms with van der Waals surface area (Å²) in [5.74, 6) is 2.40. The molecule has 0 unspecified atom stereocenters. The van der Waals surface area contributed by atoms with Crippen LogP contribution in [0, 0.1) is 11.8 Å². The van der Waals surface area contributed by atoms with Crippen LogP contribution in [0.1, 0.15) is 53.4 Å². The van der Waals surface area contributed by atoms with E-state index in [9.17, 15) is 4.79 Å². The Morgan fingerprint density at radius 1 is 1.09 bits per heavy atom. The van der Waals surface area contributed by atoms with Gasteiger partial charge < -0.3 is 20.7 Å². The maximum absolute atomic E-state index is 11.5. The molecule has 0 bridgehead atoms. The largest absolute Gasteiger partial charge is 0.444 e. The Labute approximate surface area is 140 Å². The number of nitrogens with zero attached hydrogens (tertiary/aromatic N) is 1. The second kappa shape index (κ2) is 9.63. The van der Waals surface area contributed by atoms with Crippen molar-refractivity contribution < 1.29 is 9.53 Å². The molecule has 1 aliphatic rings. The summed E-state index contributed by atoms with van der Waals surface area (Å²) in [6, 6.07) is 0. The predicted molar refractivity (Wildman–Crippen MR) is 94.7 cm³/mol. The Morgan fingerprint density at radius 3 is 2.26 bits per heavy atom. The van der Waals surface area contributed by atoms with Gasteiger partial charge in [0.25, 0.3) is 0 Å². The van der Waals surface area contributed by atoms with E-state index >= 15 is 0 Å². The SMILES string of the molecule is CN=C(NCCNC(=O)OC(C)(C)C)NCC1CCC(C)CC1. The van der Waals surface area contributed by atoms with Crippen LogP contribution in [0.15, 0.2) is 4.99 Å². The molecule has 134 valence electrons. The van der Waals surface area contributed by atoms with Gasteiger partial charge in [-0.25, -0.2) is 4.79 Å². The van der Waals surface area contributed by atoms with Crippen LogP contribution in [0.3, 0.4) is 0 Å². The average Bonchev–Trinajstić information content (AvgIpc) is 2.46. The molecule has 6 nitrogen and oxygen atoms in total. The van der Waals surface area contributed by atoms with E-state index in [0.29, 0.717) is 13.1 Å². The number of alkyl carbamates (subject to hydrolysis) is 1. The zero-order valence-corrected chi connectivity index (χ0v) is 15.4. The van der Waals surface area contributed by atoms with E-state index < -0.39 is 11.7 Å². The van der Waals surface area contributed by atoms with Crippen molar-refractivity contribution in [2.45, 2.75) is 59.0 Å². The molecule has 0 aliphatic heterocycles. The van der Waals surface area contributed by atoms with Gasteiger partial charge in [-0.1, -0.05) is 19.8 Å². The lowest BCUT2D eigenvalue weighted by Crippen LogP contribution is -2.44. The fourth-order valence-corrected chi connectivity index (χ4v) is 2.65. The van der Waals surface area contributed by atoms with Crippen molar-refractivity contribution in [2.24, 2.45) is 16.8 Å². The van der Waals surface area contributed by atoms with Gasteiger partial charge in [0, 0.05) is 26.7 Å². The summed E-state index contributed by atoms with van der Waals surface area (Å²) in [6.07, 6.45) is 4.87. The van der Waals surface area contributed by atoms with E-state index in [2.05, 4.69) is 27.9 Å². The number of hydrogen-bond acceptors (Lipinski definition) is 3. The number of nitrogens with one attached hydrogen (secondary N) is 3. The van der Waals surface area contributed by atoms with Crippen LogP contribution in [0.25, 0.3) is 0 Å². The maximum atomic E-state index is 11.5. The summed E-state index contributed by atoms with van der Waals surface area (Å²) in [5.41, 5.74) is -0.466. The van der Waals surface area contributed by atoms with E-state index in [-0.39, 0.29) is 0 Å². The van der Waals surface area contributed by atoms with Crippen LogP contribution in [0.2, 0.25) is 0 Å². The molecule has 1 amide bonds. The first kappa shape index (κ1) is 19.6. The fourth-order valence-electron chi connectivity index (χ4n) is 2.65. The molecule has 0 atom stereocenters. The molecule has 1 fully saturated rings. The number of amides is 1. The van der Waals surface area contributed by atoms with E-state index in [4.69, 9.17) is 4.74 Å². The topological polar surface area (TPSA) is 74.8 Å². The molecule has 6 heteroatoms. The van der Waals surface area contributed by atoms with Crippen LogP contribution < -0.4 is 16.0 Å². The zero-order chi connectivity index (χ0) is 17.3. The second-order valence-electron chi connectivity index (χ2n) is 7.43. The molecular weight excluding hydrogens is 292 g/mol. The molecule has 0 aromatic rings. The van der Waals surface area contributed by atoms with Crippen LogP contribution in [-0.2, 0) is 4.74 Å². The molecule has 0 saturated heterocycles. The molecule has 0 radical (unpaired) electrons. The van der Waals surface area contributed by atoms with E-state index in [0.717, 1.165) is 24.3 Å². The Balaban J connectivity index is 2.13. The third kappa shape index (κ3) is 9.31. The Kier molecular flexibility index (Phi) is 8.20. The number of aliphatic imine (C=N–C) groups is 1. The van der Waals surface area contributed by atoms with Crippen LogP contribution in [-0.4, -0.2) is 44.3 Å². The van der Waals surface area contributed by atoms with E-state index in [1.165, 1.54) is 25.7 Å². The van der Waals surface area contributed by atoms with Gasteiger partial charge in [0.15, 0.2) is 5.96 Å². The van der Waals surface area contributed by atoms with Gasteiger partial charge >= 0.3 is 6.09 Å². The molecule has 3 N–H and O–H groups in total. The lowest BCUT2D eigenvalue weighted by Gasteiger charge is -2.26. The van der Waals surface area contributed by atoms with Crippen molar-refractivity contribution in [2.75, 3.05) is 26.7 Å². The standard InChI is InChI=1S/C17H34N4O2/c1-13-6-8-14(9-7-13)12-21-15(18-5)19-10-11-20-16(22)23-17(2,3)4/h13-14H,6-12H2,1-5H3,(H,20,22)(H2,18,19,21). The quantitative estimate of drug-likeness (QED) is 0.412. The molecule has 0 spiro atoms. The van der Waals surface area contributed by atoms with Gasteiger partial charge in [0.2, 0.25) is 0 Å². The summed E-state index contributed by atoms with van der Waals surface area (Å²) in [4.78, 5) is 15.7. The predicted octanol–water partition coefficient (Wildman–Crippen LogP) is 2.50. The Morgan fingerprint density at radius 2 is 1.70 bits per heavy atom. The van der Waals surface area contributed by atoms with E-state index in [1.807, 2.05) is 20.8 Å². The molecule has 1 rings (SSSR count). The molecule has 1 aliphatic carbocycles. The first-order valence-corrected chi connectivity index (χ1v) is 8.71. The van der Waals surface area contributed by atoms with Crippen LogP contribution in [0.5, 0.6) is 0 Å². The minimum Gasteiger partial charge on any atom is -0.444 e. The minimum absolute atomic E-state index is 0.390. The second-order valence-corrected chi connectivity index (χ2v) is 7.43. The highest BCUT2D eigenvalue weighted by atomic mass is 16.6. The maximum Gasteiger partial charge on any atom is 0.407 e. The van der Waals surface area contributed by atoms with Crippen molar-refractivity contribution in [1.82, 2.24) is 16.0 Å². The summed E-state index contributed by atoms with van der Waals surface area (Å²) in [6.45, 7) is 9.96. The highest BCUT2D eigenvalue weighted by Crippen LogP contribution is 2.27. The summed E-state index contributed by atoms with van der Waals surface area (Å²) in [7, 11) is 1.76. The number of carbonyl (C=O) groups excluding carboxylic acids is 1. The minimum atomic E-state index is -0.466. The Bertz CT molecular complexity index is 383. The third-order valence-electron chi connectivity index (χ3n) is 4.00. The molecular formula is C17H34N4O2. The molecule has 0 heterocycles. The molecule has 0 aromatic carbocycles. The fraction of sp³-hybridized carbons (Fsp3) is 0.882. The first-order valence-electron chi connectivity index (χ1n) is 8.71. The molecule has 1 saturated carbocycles. The highest BCUT2D eigenvalue weighted by molar-refractivity contribution is 5.79. The van der Waals surface area contributed by atoms with Crippen LogP contribution in [0.4, 0.5) is 4.79 Å². The lowest BCUT2D eigenvalue weighted by molar-refractivity contribution is 0.0529. The molecule has 0 aromatic heterocycles.